The lowest BCUT2D eigenvalue weighted by molar-refractivity contribution is -0.0402. The Balaban J connectivity index is 2.09. The molecular weight excluding hydrogens is 416 g/mol. The normalized spacial score (nSPS) is 15.9. The van der Waals surface area contributed by atoms with Gasteiger partial charge < -0.3 is 14.7 Å². The van der Waals surface area contributed by atoms with E-state index in [9.17, 15) is 5.11 Å². The first-order valence-electron chi connectivity index (χ1n) is 10.5. The van der Waals surface area contributed by atoms with Crippen LogP contribution in [-0.2, 0) is 17.8 Å². The number of pyridine rings is 1. The third kappa shape index (κ3) is 3.68. The minimum atomic E-state index is -0.214. The highest BCUT2D eigenvalue weighted by Gasteiger charge is 2.32. The summed E-state index contributed by atoms with van der Waals surface area (Å²) in [4.78, 5) is 18.0. The maximum atomic E-state index is 9.57. The van der Waals surface area contributed by atoms with Gasteiger partial charge in [-0.25, -0.2) is 15.0 Å². The molecule has 0 aromatic carbocycles. The molecule has 1 aliphatic rings. The van der Waals surface area contributed by atoms with Crippen LogP contribution in [0.25, 0.3) is 20.4 Å². The molecule has 4 heterocycles. The molecule has 30 heavy (non-hydrogen) atoms. The van der Waals surface area contributed by atoms with E-state index in [1.807, 2.05) is 6.26 Å². The van der Waals surface area contributed by atoms with Crippen molar-refractivity contribution >= 4 is 49.3 Å². The summed E-state index contributed by atoms with van der Waals surface area (Å²) in [6.07, 6.45) is 2.85. The van der Waals surface area contributed by atoms with Gasteiger partial charge in [0.1, 0.15) is 4.83 Å². The van der Waals surface area contributed by atoms with Crippen molar-refractivity contribution in [3.8, 4) is 0 Å². The van der Waals surface area contributed by atoms with Crippen LogP contribution in [0.1, 0.15) is 57.4 Å². The Morgan fingerprint density at radius 2 is 2.00 bits per heavy atom. The first kappa shape index (κ1) is 21.7. The minimum absolute atomic E-state index is 0.0928. The number of anilines is 1. The highest BCUT2D eigenvalue weighted by Crippen LogP contribution is 2.44. The van der Waals surface area contributed by atoms with Crippen molar-refractivity contribution in [2.24, 2.45) is 0 Å². The fraction of sp³-hybridized carbons (Fsp3) is 0.591. The van der Waals surface area contributed by atoms with Gasteiger partial charge in [-0.05, 0) is 38.5 Å². The van der Waals surface area contributed by atoms with E-state index in [4.69, 9.17) is 19.7 Å². The highest BCUT2D eigenvalue weighted by atomic mass is 32.2. The number of thioether (sulfide) groups is 1. The summed E-state index contributed by atoms with van der Waals surface area (Å²) in [5.41, 5.74) is 4.45. The number of hydrogen-bond donors (Lipinski definition) is 1. The van der Waals surface area contributed by atoms with Gasteiger partial charge in [0.2, 0.25) is 0 Å². The van der Waals surface area contributed by atoms with Crippen LogP contribution < -0.4 is 4.90 Å². The molecule has 0 saturated carbocycles. The number of aliphatic hydroxyl groups excluding tert-OH is 1. The lowest BCUT2D eigenvalue weighted by Gasteiger charge is -2.33. The summed E-state index contributed by atoms with van der Waals surface area (Å²) < 4.78 is 7.22. The van der Waals surface area contributed by atoms with Gasteiger partial charge >= 0.3 is 0 Å². The molecule has 1 N–H and O–H groups in total. The molecule has 0 unspecified atom stereocenters. The number of fused-ring (bicyclic) bond motifs is 5. The second-order valence-corrected chi connectivity index (χ2v) is 10.4. The van der Waals surface area contributed by atoms with Crippen LogP contribution in [0.3, 0.4) is 0 Å². The zero-order chi connectivity index (χ0) is 21.6. The van der Waals surface area contributed by atoms with Gasteiger partial charge in [-0.3, -0.25) is 0 Å². The third-order valence-electron chi connectivity index (χ3n) is 5.66. The molecule has 0 fully saturated rings. The molecule has 0 bridgehead atoms. The largest absolute Gasteiger partial charge is 0.395 e. The van der Waals surface area contributed by atoms with Crippen molar-refractivity contribution in [3.63, 3.8) is 0 Å². The van der Waals surface area contributed by atoms with Gasteiger partial charge in [0.05, 0.1) is 34.7 Å². The lowest BCUT2D eigenvalue weighted by atomic mass is 9.87. The summed E-state index contributed by atoms with van der Waals surface area (Å²) in [6, 6.07) is 0. The van der Waals surface area contributed by atoms with Gasteiger partial charge in [-0.15, -0.1) is 11.3 Å². The molecule has 3 aromatic rings. The summed E-state index contributed by atoms with van der Waals surface area (Å²) in [6.45, 7) is 12.8. The second-order valence-electron chi connectivity index (χ2n) is 8.63. The summed E-state index contributed by atoms with van der Waals surface area (Å²) in [7, 11) is 0. The summed E-state index contributed by atoms with van der Waals surface area (Å²) in [5, 5.41) is 11.5. The number of rotatable bonds is 6. The second kappa shape index (κ2) is 8.22. The van der Waals surface area contributed by atoms with Crippen molar-refractivity contribution in [1.29, 1.82) is 0 Å². The van der Waals surface area contributed by atoms with Crippen molar-refractivity contribution < 1.29 is 9.84 Å². The van der Waals surface area contributed by atoms with Crippen LogP contribution >= 0.6 is 23.1 Å². The van der Waals surface area contributed by atoms with E-state index in [0.29, 0.717) is 19.1 Å². The Bertz CT molecular complexity index is 1090. The topological polar surface area (TPSA) is 71.4 Å². The van der Waals surface area contributed by atoms with E-state index in [1.54, 1.807) is 23.1 Å². The van der Waals surface area contributed by atoms with Crippen LogP contribution in [0, 0.1) is 0 Å². The number of aromatic nitrogens is 3. The molecule has 0 atom stereocenters. The zero-order valence-corrected chi connectivity index (χ0v) is 20.2. The Morgan fingerprint density at radius 3 is 2.63 bits per heavy atom. The first-order valence-corrected chi connectivity index (χ1v) is 12.5. The monoisotopic (exact) mass is 446 g/mol. The van der Waals surface area contributed by atoms with Gasteiger partial charge in [-0.1, -0.05) is 25.6 Å². The number of aliphatic hydroxyl groups is 1. The van der Waals surface area contributed by atoms with E-state index in [-0.39, 0.29) is 12.2 Å². The Morgan fingerprint density at radius 1 is 1.23 bits per heavy atom. The van der Waals surface area contributed by atoms with E-state index < -0.39 is 0 Å². The molecule has 8 heteroatoms. The number of hydrogen-bond acceptors (Lipinski definition) is 8. The summed E-state index contributed by atoms with van der Waals surface area (Å²) in [5.74, 6) is 1.22. The van der Waals surface area contributed by atoms with Crippen LogP contribution in [0.5, 0.6) is 0 Å². The molecule has 3 aromatic heterocycles. The Hall–Kier alpha value is -1.48. The van der Waals surface area contributed by atoms with E-state index in [1.165, 1.54) is 11.1 Å². The molecule has 4 rings (SSSR count). The molecule has 0 aliphatic carbocycles. The fourth-order valence-corrected chi connectivity index (χ4v) is 5.71. The van der Waals surface area contributed by atoms with Gasteiger partial charge in [0, 0.05) is 30.5 Å². The van der Waals surface area contributed by atoms with Crippen LogP contribution in [0.15, 0.2) is 5.16 Å². The maximum Gasteiger partial charge on any atom is 0.189 e. The van der Waals surface area contributed by atoms with Crippen LogP contribution in [-0.4, -0.2) is 51.6 Å². The first-order chi connectivity index (χ1) is 14.3. The summed E-state index contributed by atoms with van der Waals surface area (Å²) >= 11 is 3.22. The zero-order valence-electron chi connectivity index (χ0n) is 18.6. The van der Waals surface area contributed by atoms with E-state index >= 15 is 0 Å². The van der Waals surface area contributed by atoms with Crippen LogP contribution in [0.4, 0.5) is 5.82 Å². The average Bonchev–Trinajstić information content (AvgIpc) is 3.08. The molecule has 0 spiro atoms. The van der Waals surface area contributed by atoms with Crippen molar-refractivity contribution in [2.75, 3.05) is 30.9 Å². The molecule has 162 valence electrons. The highest BCUT2D eigenvalue weighted by molar-refractivity contribution is 7.98. The smallest absolute Gasteiger partial charge is 0.189 e. The SMILES string of the molecule is CCN(CCO)c1nc(SC)nc2c1sc1nc(C(C)C)c3c(c12)CC(C)(C)OC3. The standard InChI is InChI=1S/C22H30N4O2S2/c1-7-26(8-9-27)19-18-17(24-21(25-19)29-6)15-13-10-22(4,5)28-11-14(13)16(12(2)3)23-20(15)30-18/h12,27H,7-11H2,1-6H3. The molecule has 0 saturated heterocycles. The van der Waals surface area contributed by atoms with Gasteiger partial charge in [0.25, 0.3) is 0 Å². The number of likely N-dealkylation sites (N-methyl/N-ethyl adjacent to an activating group) is 1. The quantitative estimate of drug-likeness (QED) is 0.432. The van der Waals surface area contributed by atoms with Gasteiger partial charge in [0.15, 0.2) is 11.0 Å². The van der Waals surface area contributed by atoms with Crippen molar-refractivity contribution in [3.05, 3.63) is 16.8 Å². The average molecular weight is 447 g/mol. The predicted molar refractivity (Wildman–Crippen MR) is 126 cm³/mol. The molecular formula is C22H30N4O2S2. The predicted octanol–water partition coefficient (Wildman–Crippen LogP) is 4.75. The molecule has 0 radical (unpaired) electrons. The van der Waals surface area contributed by atoms with E-state index in [0.717, 1.165) is 50.1 Å². The Labute approximate surface area is 186 Å². The number of thiophene rings is 1. The third-order valence-corrected chi connectivity index (χ3v) is 7.28. The number of ether oxygens (including phenoxy) is 1. The molecule has 6 nitrogen and oxygen atoms in total. The Kier molecular flexibility index (Phi) is 5.96. The maximum absolute atomic E-state index is 9.57. The van der Waals surface area contributed by atoms with E-state index in [2.05, 4.69) is 39.5 Å². The van der Waals surface area contributed by atoms with Crippen LogP contribution in [0.2, 0.25) is 0 Å². The van der Waals surface area contributed by atoms with Crippen molar-refractivity contribution in [2.45, 2.75) is 64.3 Å². The molecule has 1 aliphatic heterocycles. The van der Waals surface area contributed by atoms with Crippen molar-refractivity contribution in [1.82, 2.24) is 15.0 Å². The fourth-order valence-electron chi connectivity index (χ4n) is 4.18. The molecule has 0 amide bonds. The minimum Gasteiger partial charge on any atom is -0.395 e. The lowest BCUT2D eigenvalue weighted by Crippen LogP contribution is -2.33. The van der Waals surface area contributed by atoms with Gasteiger partial charge in [-0.2, -0.15) is 0 Å². The number of nitrogens with zero attached hydrogens (tertiary/aromatic N) is 4.